The van der Waals surface area contributed by atoms with E-state index in [2.05, 4.69) is 5.16 Å². The molecule has 5 aromatic rings. The summed E-state index contributed by atoms with van der Waals surface area (Å²) in [7, 11) is -3.69. The van der Waals surface area contributed by atoms with Crippen molar-refractivity contribution in [2.75, 3.05) is 18.0 Å². The van der Waals surface area contributed by atoms with Crippen molar-refractivity contribution in [1.29, 1.82) is 0 Å². The molecular formula is C29H25N3O6S. The zero-order valence-corrected chi connectivity index (χ0v) is 22.4. The number of amides is 1. The first-order valence-corrected chi connectivity index (χ1v) is 14.1. The number of aromatic nitrogens is 1. The number of hydrogen-bond acceptors (Lipinski definition) is 7. The number of sulfonamides is 1. The number of carbonyl (C=O) groups excluding carboxylic acids is 1. The molecule has 0 fully saturated rings. The fourth-order valence-corrected chi connectivity index (χ4v) is 6.71. The number of nitrogens with zero attached hydrogens (tertiary/aromatic N) is 3. The minimum atomic E-state index is -3.69. The summed E-state index contributed by atoms with van der Waals surface area (Å²) in [6.07, 6.45) is 0. The molecule has 0 saturated carbocycles. The highest BCUT2D eigenvalue weighted by Gasteiger charge is 2.45. The molecule has 39 heavy (non-hydrogen) atoms. The molecule has 9 nitrogen and oxygen atoms in total. The van der Waals surface area contributed by atoms with Crippen LogP contribution < -0.4 is 10.3 Å². The van der Waals surface area contributed by atoms with Crippen LogP contribution in [-0.2, 0) is 10.0 Å². The predicted octanol–water partition coefficient (Wildman–Crippen LogP) is 5.02. The summed E-state index contributed by atoms with van der Waals surface area (Å²) >= 11 is 0. The van der Waals surface area contributed by atoms with Crippen LogP contribution in [0.3, 0.4) is 0 Å². The summed E-state index contributed by atoms with van der Waals surface area (Å²) in [5.41, 5.74) is 0.706. The second-order valence-electron chi connectivity index (χ2n) is 9.37. The fraction of sp³-hybridized carbons (Fsp3) is 0.207. The molecule has 1 aliphatic heterocycles. The molecule has 198 valence electrons. The van der Waals surface area contributed by atoms with Crippen molar-refractivity contribution in [2.45, 2.75) is 31.7 Å². The van der Waals surface area contributed by atoms with Crippen molar-refractivity contribution in [1.82, 2.24) is 9.46 Å². The van der Waals surface area contributed by atoms with Crippen LogP contribution in [0.15, 0.2) is 85.4 Å². The van der Waals surface area contributed by atoms with E-state index in [1.807, 2.05) is 30.3 Å². The Morgan fingerprint density at radius 1 is 0.949 bits per heavy atom. The summed E-state index contributed by atoms with van der Waals surface area (Å²) in [6.45, 7) is 5.94. The maximum atomic E-state index is 14.0. The van der Waals surface area contributed by atoms with Gasteiger partial charge in [0.25, 0.3) is 5.91 Å². The van der Waals surface area contributed by atoms with E-state index in [0.29, 0.717) is 35.4 Å². The lowest BCUT2D eigenvalue weighted by atomic mass is 9.97. The molecule has 0 spiro atoms. The average molecular weight is 544 g/mol. The van der Waals surface area contributed by atoms with Gasteiger partial charge < -0.3 is 8.94 Å². The van der Waals surface area contributed by atoms with Gasteiger partial charge in [0.05, 0.1) is 21.9 Å². The van der Waals surface area contributed by atoms with Crippen molar-refractivity contribution in [3.05, 3.63) is 99.6 Å². The lowest BCUT2D eigenvalue weighted by molar-refractivity contribution is 0.0969. The standard InChI is InChI=1S/C29H25N3O6S/c1-4-31(5-2)39(35,36)20-13-10-19(11-14-20)25-24-26(33)22-15-12-18-8-6-7-9-21(18)27(22)37-28(24)29(34)32(25)23-16-17(3)38-30-23/h6-16,25H,4-5H2,1-3H3. The molecule has 3 aromatic carbocycles. The minimum absolute atomic E-state index is 0.0747. The Kier molecular flexibility index (Phi) is 5.89. The van der Waals surface area contributed by atoms with E-state index in [9.17, 15) is 18.0 Å². The van der Waals surface area contributed by atoms with E-state index in [4.69, 9.17) is 8.94 Å². The summed E-state index contributed by atoms with van der Waals surface area (Å²) < 4.78 is 38.9. The Hall–Kier alpha value is -4.28. The maximum Gasteiger partial charge on any atom is 0.296 e. The van der Waals surface area contributed by atoms with Gasteiger partial charge in [-0.3, -0.25) is 14.5 Å². The SMILES string of the molecule is CCN(CC)S(=O)(=O)c1ccc(C2c3c(oc4c(ccc5ccccc54)c3=O)C(=O)N2c2cc(C)on2)cc1. The van der Waals surface area contributed by atoms with Crippen LogP contribution in [0.5, 0.6) is 0 Å². The summed E-state index contributed by atoms with van der Waals surface area (Å²) in [6, 6.07) is 18.0. The van der Waals surface area contributed by atoms with E-state index in [-0.39, 0.29) is 27.5 Å². The normalized spacial score (nSPS) is 15.5. The van der Waals surface area contributed by atoms with Gasteiger partial charge in [-0.05, 0) is 36.1 Å². The Bertz CT molecular complexity index is 1920. The number of hydrogen-bond donors (Lipinski definition) is 0. The molecule has 0 saturated heterocycles. The molecule has 2 aromatic heterocycles. The molecule has 1 atom stereocenters. The zero-order valence-electron chi connectivity index (χ0n) is 21.5. The number of anilines is 1. The van der Waals surface area contributed by atoms with Crippen molar-refractivity contribution in [2.24, 2.45) is 0 Å². The van der Waals surface area contributed by atoms with Gasteiger partial charge in [-0.25, -0.2) is 8.42 Å². The third kappa shape index (κ3) is 3.78. The van der Waals surface area contributed by atoms with Gasteiger partial charge in [-0.15, -0.1) is 0 Å². The van der Waals surface area contributed by atoms with Crippen molar-refractivity contribution < 1.29 is 22.2 Å². The Balaban J connectivity index is 1.57. The van der Waals surface area contributed by atoms with E-state index >= 15 is 0 Å². The molecule has 0 radical (unpaired) electrons. The first-order chi connectivity index (χ1) is 18.8. The topological polar surface area (TPSA) is 114 Å². The highest BCUT2D eigenvalue weighted by Crippen LogP contribution is 2.42. The highest BCUT2D eigenvalue weighted by atomic mass is 32.2. The van der Waals surface area contributed by atoms with Crippen molar-refractivity contribution in [3.63, 3.8) is 0 Å². The second-order valence-corrected chi connectivity index (χ2v) is 11.3. The lowest BCUT2D eigenvalue weighted by Gasteiger charge is -2.23. The summed E-state index contributed by atoms with van der Waals surface area (Å²) in [5.74, 6) is 0.107. The number of fused-ring (bicyclic) bond motifs is 4. The lowest BCUT2D eigenvalue weighted by Crippen LogP contribution is -2.31. The average Bonchev–Trinajstić information content (AvgIpc) is 3.49. The summed E-state index contributed by atoms with van der Waals surface area (Å²) in [4.78, 5) is 29.3. The van der Waals surface area contributed by atoms with Crippen LogP contribution in [0.1, 0.15) is 47.3 Å². The summed E-state index contributed by atoms with van der Waals surface area (Å²) in [5, 5.41) is 6.00. The minimum Gasteiger partial charge on any atom is -0.450 e. The zero-order chi connectivity index (χ0) is 27.5. The quantitative estimate of drug-likeness (QED) is 0.276. The first-order valence-electron chi connectivity index (χ1n) is 12.6. The third-order valence-electron chi connectivity index (χ3n) is 7.16. The van der Waals surface area contributed by atoms with Crippen molar-refractivity contribution >= 4 is 43.5 Å². The molecule has 6 rings (SSSR count). The van der Waals surface area contributed by atoms with Crippen LogP contribution in [-0.4, -0.2) is 36.9 Å². The number of aryl methyl sites for hydroxylation is 1. The third-order valence-corrected chi connectivity index (χ3v) is 9.23. The smallest absolute Gasteiger partial charge is 0.296 e. The molecule has 1 aliphatic rings. The van der Waals surface area contributed by atoms with Gasteiger partial charge in [-0.2, -0.15) is 4.31 Å². The number of rotatable bonds is 6. The molecular weight excluding hydrogens is 518 g/mol. The van der Waals surface area contributed by atoms with Crippen molar-refractivity contribution in [3.8, 4) is 0 Å². The maximum absolute atomic E-state index is 14.0. The van der Waals surface area contributed by atoms with E-state index in [0.717, 1.165) is 10.8 Å². The molecule has 1 amide bonds. The molecule has 3 heterocycles. The van der Waals surface area contributed by atoms with Crippen LogP contribution in [0, 0.1) is 6.92 Å². The Labute approximate surface area is 224 Å². The molecule has 0 N–H and O–H groups in total. The predicted molar refractivity (Wildman–Crippen MR) is 146 cm³/mol. The van der Waals surface area contributed by atoms with Crippen LogP contribution in [0.2, 0.25) is 0 Å². The van der Waals surface area contributed by atoms with E-state index in [1.54, 1.807) is 45.0 Å². The first kappa shape index (κ1) is 25.0. The highest BCUT2D eigenvalue weighted by molar-refractivity contribution is 7.89. The molecule has 0 aliphatic carbocycles. The van der Waals surface area contributed by atoms with E-state index in [1.165, 1.54) is 21.3 Å². The van der Waals surface area contributed by atoms with Crippen LogP contribution in [0.4, 0.5) is 5.82 Å². The Morgan fingerprint density at radius 3 is 2.33 bits per heavy atom. The fourth-order valence-electron chi connectivity index (χ4n) is 5.25. The Morgan fingerprint density at radius 2 is 1.67 bits per heavy atom. The van der Waals surface area contributed by atoms with Gasteiger partial charge in [0.2, 0.25) is 15.8 Å². The number of carbonyl (C=O) groups is 1. The van der Waals surface area contributed by atoms with E-state index < -0.39 is 22.0 Å². The van der Waals surface area contributed by atoms with Crippen LogP contribution in [0.25, 0.3) is 21.7 Å². The molecule has 0 bridgehead atoms. The van der Waals surface area contributed by atoms with Gasteiger partial charge in [-0.1, -0.05) is 61.5 Å². The number of benzene rings is 3. The van der Waals surface area contributed by atoms with Gasteiger partial charge in [0, 0.05) is 24.5 Å². The van der Waals surface area contributed by atoms with Gasteiger partial charge in [0.15, 0.2) is 11.2 Å². The largest absolute Gasteiger partial charge is 0.450 e. The van der Waals surface area contributed by atoms with Crippen LogP contribution >= 0.6 is 0 Å². The van der Waals surface area contributed by atoms with Gasteiger partial charge in [0.1, 0.15) is 11.3 Å². The van der Waals surface area contributed by atoms with Gasteiger partial charge >= 0.3 is 0 Å². The monoisotopic (exact) mass is 543 g/mol. The second kappa shape index (κ2) is 9.18. The molecule has 1 unspecified atom stereocenters. The molecule has 10 heteroatoms.